The highest BCUT2D eigenvalue weighted by Gasteiger charge is 2.22. The molecule has 6 aliphatic rings. The molecule has 0 atom stereocenters. The second-order valence-corrected chi connectivity index (χ2v) is 17.7. The van der Waals surface area contributed by atoms with Crippen molar-refractivity contribution in [3.63, 3.8) is 0 Å². The van der Waals surface area contributed by atoms with Crippen LogP contribution in [0.15, 0.2) is 97.7 Å². The molecule has 72 heavy (non-hydrogen) atoms. The van der Waals surface area contributed by atoms with Crippen molar-refractivity contribution < 1.29 is 39.4 Å². The fourth-order valence-electron chi connectivity index (χ4n) is 9.34. The Bertz CT molecular complexity index is 2510. The summed E-state index contributed by atoms with van der Waals surface area (Å²) in [5, 5.41) is 36.9. The van der Waals surface area contributed by atoms with Crippen molar-refractivity contribution in [3.8, 4) is 0 Å². The van der Waals surface area contributed by atoms with E-state index in [1.54, 1.807) is 0 Å². The van der Waals surface area contributed by atoms with Crippen LogP contribution in [-0.4, -0.2) is 192 Å². The van der Waals surface area contributed by atoms with Gasteiger partial charge < -0.3 is 68.9 Å². The Hall–Kier alpha value is -6.60. The number of hydrogen-bond donors (Lipinski definition) is 6. The first kappa shape index (κ1) is 50.3. The van der Waals surface area contributed by atoms with Crippen molar-refractivity contribution in [3.05, 3.63) is 143 Å². The van der Waals surface area contributed by atoms with Gasteiger partial charge in [-0.25, -0.2) is 9.97 Å². The van der Waals surface area contributed by atoms with Crippen LogP contribution in [0.4, 0.5) is 0 Å². The van der Waals surface area contributed by atoms with Crippen LogP contribution in [0, 0.1) is 0 Å². The zero-order valence-electron chi connectivity index (χ0n) is 40.8. The number of aromatic nitrogens is 4. The Morgan fingerprint density at radius 3 is 0.819 bits per heavy atom. The number of nitrogens with zero attached hydrogens (tertiary/aromatic N) is 6. The molecule has 0 saturated heterocycles. The smallest absolute Gasteiger partial charge is 0.0737 e. The molecule has 16 heteroatoms. The number of aromatic amines is 2. The van der Waals surface area contributed by atoms with Crippen molar-refractivity contribution in [1.82, 2.24) is 39.5 Å². The fourth-order valence-corrected chi connectivity index (χ4v) is 9.34. The van der Waals surface area contributed by atoms with Crippen molar-refractivity contribution in [2.45, 2.75) is 0 Å². The predicted molar refractivity (Wildman–Crippen MR) is 285 cm³/mol. The minimum absolute atomic E-state index is 0.00220. The Labute approximate surface area is 420 Å². The maximum atomic E-state index is 9.23. The Morgan fingerprint density at radius 2 is 0.611 bits per heavy atom. The topological polar surface area (TPSA) is 188 Å². The van der Waals surface area contributed by atoms with E-state index in [1.165, 1.54) is 0 Å². The van der Waals surface area contributed by atoms with Gasteiger partial charge in [0.1, 0.15) is 0 Å². The van der Waals surface area contributed by atoms with Crippen LogP contribution in [0.25, 0.3) is 68.7 Å². The first-order chi connectivity index (χ1) is 35.5. The van der Waals surface area contributed by atoms with Gasteiger partial charge in [-0.1, -0.05) is 24.3 Å². The molecule has 16 nitrogen and oxygen atoms in total. The normalized spacial score (nSPS) is 16.3. The van der Waals surface area contributed by atoms with Crippen molar-refractivity contribution in [2.24, 2.45) is 0 Å². The van der Waals surface area contributed by atoms with E-state index in [0.717, 1.165) is 89.4 Å². The van der Waals surface area contributed by atoms with E-state index < -0.39 is 0 Å². The lowest BCUT2D eigenvalue weighted by Crippen LogP contribution is -2.24. The minimum atomic E-state index is -0.00220. The third-order valence-corrected chi connectivity index (χ3v) is 13.0. The van der Waals surface area contributed by atoms with Crippen LogP contribution in [0.2, 0.25) is 0 Å². The van der Waals surface area contributed by atoms with Gasteiger partial charge >= 0.3 is 0 Å². The summed E-state index contributed by atoms with van der Waals surface area (Å²) in [7, 11) is 0. The van der Waals surface area contributed by atoms with E-state index in [9.17, 15) is 20.4 Å². The summed E-state index contributed by atoms with van der Waals surface area (Å²) in [6.45, 7) is 8.82. The van der Waals surface area contributed by atoms with Gasteiger partial charge in [0.15, 0.2) is 0 Å². The molecule has 0 aliphatic carbocycles. The Kier molecular flexibility index (Phi) is 17.6. The van der Waals surface area contributed by atoms with Gasteiger partial charge in [-0.15, -0.1) is 0 Å². The largest absolute Gasteiger partial charge is 0.394 e. The fraction of sp³-hybridized carbons (Fsp3) is 0.357. The average molecular weight is 979 g/mol. The van der Waals surface area contributed by atoms with E-state index in [1.807, 2.05) is 0 Å². The summed E-state index contributed by atoms with van der Waals surface area (Å²) in [5.41, 5.74) is 15.0. The molecule has 0 unspecified atom stereocenters. The zero-order valence-corrected chi connectivity index (χ0v) is 40.8. The number of rotatable bonds is 24. The van der Waals surface area contributed by atoms with E-state index in [4.69, 9.17) is 28.9 Å². The molecule has 0 fully saturated rings. The molecule has 0 aromatic carbocycles. The Balaban J connectivity index is 1.22. The van der Waals surface area contributed by atoms with Crippen molar-refractivity contribution in [2.75, 3.05) is 132 Å². The van der Waals surface area contributed by atoms with Gasteiger partial charge in [0.05, 0.1) is 102 Å². The van der Waals surface area contributed by atoms with Gasteiger partial charge in [-0.05, 0) is 95.2 Å². The zero-order chi connectivity index (χ0) is 49.5. The van der Waals surface area contributed by atoms with Crippen LogP contribution in [0.5, 0.6) is 0 Å². The molecule has 6 aliphatic heterocycles. The van der Waals surface area contributed by atoms with E-state index >= 15 is 0 Å². The number of aliphatic hydroxyl groups is 4. The molecular formula is C56H66N8O8. The second-order valence-electron chi connectivity index (χ2n) is 17.7. The van der Waals surface area contributed by atoms with E-state index in [0.29, 0.717) is 105 Å². The van der Waals surface area contributed by atoms with E-state index in [2.05, 4.69) is 152 Å². The molecule has 3 aromatic heterocycles. The molecule has 0 saturated carbocycles. The van der Waals surface area contributed by atoms with Crippen molar-refractivity contribution in [1.29, 1.82) is 0 Å². The summed E-state index contributed by atoms with van der Waals surface area (Å²) in [6.07, 6.45) is 34.4. The lowest BCUT2D eigenvalue weighted by atomic mass is 10.0. The first-order valence-corrected chi connectivity index (χ1v) is 24.9. The van der Waals surface area contributed by atoms with Gasteiger partial charge in [-0.2, -0.15) is 0 Å². The maximum Gasteiger partial charge on any atom is 0.0737 e. The SMILES string of the molecule is OCCOCCN1C=CC(c2c3nc(c(C4=CCN(CCOCCO)C=C4)c4ccc([nH]4)c(C4=CCN(CCOCCO)C=C4)c4nc(c(C5=CCN(CCOCCO)C=C5)c5ccc2[nH]5)C=C4)C=C3)=CC1. The minimum Gasteiger partial charge on any atom is -0.394 e. The monoisotopic (exact) mass is 979 g/mol. The van der Waals surface area contributed by atoms with Gasteiger partial charge in [0.25, 0.3) is 0 Å². The summed E-state index contributed by atoms with van der Waals surface area (Å²) in [4.78, 5) is 27.6. The van der Waals surface area contributed by atoms with Crippen LogP contribution in [0.1, 0.15) is 45.0 Å². The highest BCUT2D eigenvalue weighted by Crippen LogP contribution is 2.37. The van der Waals surface area contributed by atoms with Crippen LogP contribution in [0.3, 0.4) is 0 Å². The lowest BCUT2D eigenvalue weighted by Gasteiger charge is -2.23. The highest BCUT2D eigenvalue weighted by molar-refractivity contribution is 5.99. The molecule has 9 heterocycles. The number of aliphatic hydroxyl groups excluding tert-OH is 4. The number of hydrogen-bond acceptors (Lipinski definition) is 14. The molecular weight excluding hydrogens is 913 g/mol. The number of H-pyrrole nitrogens is 2. The number of fused-ring (bicyclic) bond motifs is 8. The molecule has 8 bridgehead atoms. The second kappa shape index (κ2) is 25.2. The summed E-state index contributed by atoms with van der Waals surface area (Å²) in [6, 6.07) is 8.58. The molecule has 3 aromatic rings. The molecule has 0 amide bonds. The number of allylic oxidation sites excluding steroid dienone is 8. The van der Waals surface area contributed by atoms with Gasteiger partial charge in [0, 0.05) is 121 Å². The molecule has 6 N–H and O–H groups in total. The molecule has 378 valence electrons. The summed E-state index contributed by atoms with van der Waals surface area (Å²) < 4.78 is 22.4. The van der Waals surface area contributed by atoms with Gasteiger partial charge in [-0.3, -0.25) is 0 Å². The van der Waals surface area contributed by atoms with Gasteiger partial charge in [0.2, 0.25) is 0 Å². The number of ether oxygens (including phenoxy) is 4. The number of nitrogens with one attached hydrogen (secondary N) is 2. The third kappa shape index (κ3) is 12.3. The summed E-state index contributed by atoms with van der Waals surface area (Å²) in [5.74, 6) is 0. The lowest BCUT2D eigenvalue weighted by molar-refractivity contribution is 0.0828. The van der Waals surface area contributed by atoms with E-state index in [-0.39, 0.29) is 26.4 Å². The van der Waals surface area contributed by atoms with Crippen molar-refractivity contribution >= 4 is 68.7 Å². The molecule has 9 rings (SSSR count). The van der Waals surface area contributed by atoms with Crippen LogP contribution in [-0.2, 0) is 18.9 Å². The quantitative estimate of drug-likeness (QED) is 0.0423. The van der Waals surface area contributed by atoms with Crippen LogP contribution < -0.4 is 0 Å². The summed E-state index contributed by atoms with van der Waals surface area (Å²) >= 11 is 0. The Morgan fingerprint density at radius 1 is 0.361 bits per heavy atom. The molecule has 0 spiro atoms. The first-order valence-electron chi connectivity index (χ1n) is 24.9. The maximum absolute atomic E-state index is 9.23. The standard InChI is InChI=1S/C56H66N8O8/c65-29-37-69-33-25-61-17-9-41(10-18-61)53-45-1-2-46(57-45)54(42-11-19-62(20-12-42)26-34-70-38-30-66)48-5-6-50(59-48)56(44-15-23-64(24-16-44)28-36-72-40-32-68)52-8-7-51(60-52)55(49-4-3-47(53)58-49)43-13-21-63(22-14-43)27-35-71-39-31-67/h1-17,19,21,23,57,60,65-68H,18,20,22,24-40H2. The molecule has 0 radical (unpaired) electrons. The predicted octanol–water partition coefficient (Wildman–Crippen LogP) is 5.54. The highest BCUT2D eigenvalue weighted by atomic mass is 16.5. The average Bonchev–Trinajstić information content (AvgIpc) is 4.27. The third-order valence-electron chi connectivity index (χ3n) is 13.0. The van der Waals surface area contributed by atoms with Crippen LogP contribution >= 0.6 is 0 Å².